The van der Waals surface area contributed by atoms with Crippen molar-refractivity contribution >= 4 is 35.2 Å². The quantitative estimate of drug-likeness (QED) is 0.486. The number of likely N-dealkylation sites (N-methyl/N-ethyl adjacent to an activating group) is 1. The van der Waals surface area contributed by atoms with Crippen LogP contribution in [0.15, 0.2) is 17.7 Å². The SMILES string of the molecule is CCN1C(=O)/C(=C/c2cc(OC)c(O)c(OC)c2)C(=O)NC1=S. The van der Waals surface area contributed by atoms with Crippen molar-refractivity contribution in [2.24, 2.45) is 0 Å². The van der Waals surface area contributed by atoms with Crippen molar-refractivity contribution in [2.45, 2.75) is 6.92 Å². The number of phenols is 1. The average Bonchev–Trinajstić information content (AvgIpc) is 2.52. The molecule has 7 nitrogen and oxygen atoms in total. The van der Waals surface area contributed by atoms with Crippen molar-refractivity contribution in [3.05, 3.63) is 23.3 Å². The second kappa shape index (κ2) is 6.66. The zero-order valence-corrected chi connectivity index (χ0v) is 13.7. The van der Waals surface area contributed by atoms with E-state index in [9.17, 15) is 14.7 Å². The molecule has 0 atom stereocenters. The van der Waals surface area contributed by atoms with Gasteiger partial charge >= 0.3 is 0 Å². The van der Waals surface area contributed by atoms with Crippen LogP contribution in [0.1, 0.15) is 12.5 Å². The van der Waals surface area contributed by atoms with Crippen LogP contribution in [-0.4, -0.2) is 47.7 Å². The summed E-state index contributed by atoms with van der Waals surface area (Å²) in [5, 5.41) is 12.4. The molecular formula is C15H16N2O5S. The fourth-order valence-electron chi connectivity index (χ4n) is 2.14. The molecule has 0 bridgehead atoms. The summed E-state index contributed by atoms with van der Waals surface area (Å²) in [5.74, 6) is -0.874. The van der Waals surface area contributed by atoms with Crippen molar-refractivity contribution in [2.75, 3.05) is 20.8 Å². The van der Waals surface area contributed by atoms with Gasteiger partial charge in [-0.2, -0.15) is 0 Å². The Morgan fingerprint density at radius 1 is 1.26 bits per heavy atom. The lowest BCUT2D eigenvalue weighted by Crippen LogP contribution is -2.53. The first-order valence-electron chi connectivity index (χ1n) is 6.76. The number of thiocarbonyl (C=S) groups is 1. The van der Waals surface area contributed by atoms with E-state index >= 15 is 0 Å². The molecule has 1 aromatic rings. The van der Waals surface area contributed by atoms with Crippen molar-refractivity contribution in [1.82, 2.24) is 10.2 Å². The molecule has 1 aromatic carbocycles. The number of phenolic OH excluding ortho intramolecular Hbond substituents is 1. The summed E-state index contributed by atoms with van der Waals surface area (Å²) in [6.45, 7) is 2.10. The highest BCUT2D eigenvalue weighted by Gasteiger charge is 2.32. The van der Waals surface area contributed by atoms with Gasteiger partial charge < -0.3 is 14.6 Å². The number of carbonyl (C=O) groups is 2. The molecule has 1 aliphatic heterocycles. The number of rotatable bonds is 4. The zero-order chi connectivity index (χ0) is 17.1. The Morgan fingerprint density at radius 3 is 2.30 bits per heavy atom. The molecule has 1 fully saturated rings. The van der Waals surface area contributed by atoms with Gasteiger partial charge in [0, 0.05) is 6.54 Å². The van der Waals surface area contributed by atoms with Gasteiger partial charge in [0.25, 0.3) is 11.8 Å². The van der Waals surface area contributed by atoms with Crippen LogP contribution in [0, 0.1) is 0 Å². The van der Waals surface area contributed by atoms with Crippen LogP contribution >= 0.6 is 12.2 Å². The number of carbonyl (C=O) groups excluding carboxylic acids is 2. The van der Waals surface area contributed by atoms with Gasteiger partial charge in [-0.05, 0) is 42.9 Å². The molecule has 0 unspecified atom stereocenters. The molecule has 2 N–H and O–H groups in total. The molecule has 8 heteroatoms. The first kappa shape index (κ1) is 16.8. The van der Waals surface area contributed by atoms with Gasteiger partial charge in [0.2, 0.25) is 5.75 Å². The van der Waals surface area contributed by atoms with E-state index in [0.717, 1.165) is 0 Å². The summed E-state index contributed by atoms with van der Waals surface area (Å²) in [7, 11) is 2.78. The highest BCUT2D eigenvalue weighted by atomic mass is 32.1. The van der Waals surface area contributed by atoms with Gasteiger partial charge in [-0.1, -0.05) is 0 Å². The van der Waals surface area contributed by atoms with Crippen molar-refractivity contribution in [3.63, 3.8) is 0 Å². The van der Waals surface area contributed by atoms with Gasteiger partial charge in [-0.15, -0.1) is 0 Å². The Morgan fingerprint density at radius 2 is 1.83 bits per heavy atom. The normalized spacial score (nSPS) is 16.6. The Hall–Kier alpha value is -2.61. The molecule has 0 saturated carbocycles. The maximum absolute atomic E-state index is 12.4. The second-order valence-electron chi connectivity index (χ2n) is 4.64. The molecule has 1 aliphatic rings. The van der Waals surface area contributed by atoms with E-state index in [2.05, 4.69) is 5.32 Å². The fourth-order valence-corrected chi connectivity index (χ4v) is 2.45. The second-order valence-corrected chi connectivity index (χ2v) is 5.03. The molecule has 23 heavy (non-hydrogen) atoms. The number of hydrogen-bond acceptors (Lipinski definition) is 6. The minimum atomic E-state index is -0.573. The van der Waals surface area contributed by atoms with Crippen molar-refractivity contribution in [3.8, 4) is 17.2 Å². The van der Waals surface area contributed by atoms with Crippen LogP contribution in [0.3, 0.4) is 0 Å². The van der Waals surface area contributed by atoms with E-state index in [1.807, 2.05) is 0 Å². The highest BCUT2D eigenvalue weighted by Crippen LogP contribution is 2.37. The van der Waals surface area contributed by atoms with Gasteiger partial charge in [-0.3, -0.25) is 19.8 Å². The average molecular weight is 336 g/mol. The summed E-state index contributed by atoms with van der Waals surface area (Å²) < 4.78 is 10.1. The van der Waals surface area contributed by atoms with E-state index in [4.69, 9.17) is 21.7 Å². The smallest absolute Gasteiger partial charge is 0.265 e. The molecular weight excluding hydrogens is 320 g/mol. The number of nitrogens with one attached hydrogen (secondary N) is 1. The summed E-state index contributed by atoms with van der Waals surface area (Å²) >= 11 is 4.97. The number of amides is 2. The molecule has 0 aliphatic carbocycles. The number of nitrogens with zero attached hydrogens (tertiary/aromatic N) is 1. The van der Waals surface area contributed by atoms with E-state index in [1.165, 1.54) is 37.3 Å². The van der Waals surface area contributed by atoms with E-state index in [0.29, 0.717) is 12.1 Å². The van der Waals surface area contributed by atoms with Crippen LogP contribution in [0.2, 0.25) is 0 Å². The maximum atomic E-state index is 12.4. The van der Waals surface area contributed by atoms with Crippen LogP contribution in [0.25, 0.3) is 6.08 Å². The highest BCUT2D eigenvalue weighted by molar-refractivity contribution is 7.80. The molecule has 0 radical (unpaired) electrons. The van der Waals surface area contributed by atoms with E-state index < -0.39 is 11.8 Å². The lowest BCUT2D eigenvalue weighted by atomic mass is 10.1. The zero-order valence-electron chi connectivity index (χ0n) is 12.9. The molecule has 2 rings (SSSR count). The van der Waals surface area contributed by atoms with Crippen LogP contribution in [0.4, 0.5) is 0 Å². The Labute approximate surface area is 138 Å². The van der Waals surface area contributed by atoms with Crippen LogP contribution in [-0.2, 0) is 9.59 Å². The minimum Gasteiger partial charge on any atom is -0.502 e. The predicted octanol–water partition coefficient (Wildman–Crippen LogP) is 1.06. The van der Waals surface area contributed by atoms with E-state index in [1.54, 1.807) is 6.92 Å². The minimum absolute atomic E-state index is 0.0600. The topological polar surface area (TPSA) is 88.1 Å². The third kappa shape index (κ3) is 3.11. The molecule has 1 heterocycles. The number of hydrogen-bond donors (Lipinski definition) is 2. The van der Waals surface area contributed by atoms with Gasteiger partial charge in [0.05, 0.1) is 14.2 Å². The standard InChI is InChI=1S/C15H16N2O5S/c1-4-17-14(20)9(13(19)16-15(17)23)5-8-6-10(21-2)12(18)11(7-8)22-3/h5-7,18H,4H2,1-3H3,(H,16,19,23)/b9-5+. The largest absolute Gasteiger partial charge is 0.502 e. The Kier molecular flexibility index (Phi) is 4.85. The van der Waals surface area contributed by atoms with Crippen molar-refractivity contribution in [1.29, 1.82) is 0 Å². The predicted molar refractivity (Wildman–Crippen MR) is 87.3 cm³/mol. The number of ether oxygens (including phenoxy) is 2. The van der Waals surface area contributed by atoms with Crippen LogP contribution < -0.4 is 14.8 Å². The molecule has 0 aromatic heterocycles. The molecule has 2 amide bonds. The summed E-state index contributed by atoms with van der Waals surface area (Å²) in [4.78, 5) is 25.7. The summed E-state index contributed by atoms with van der Waals surface area (Å²) in [6.07, 6.45) is 1.40. The lowest BCUT2D eigenvalue weighted by molar-refractivity contribution is -0.128. The van der Waals surface area contributed by atoms with Gasteiger partial charge in [-0.25, -0.2) is 0 Å². The fraction of sp³-hybridized carbons (Fsp3) is 0.267. The van der Waals surface area contributed by atoms with Gasteiger partial charge in [0.1, 0.15) is 5.57 Å². The third-order valence-corrected chi connectivity index (χ3v) is 3.64. The number of benzene rings is 1. The lowest BCUT2D eigenvalue weighted by Gasteiger charge is -2.27. The molecule has 122 valence electrons. The summed E-state index contributed by atoms with van der Waals surface area (Å²) in [5.41, 5.74) is 0.411. The summed E-state index contributed by atoms with van der Waals surface area (Å²) in [6, 6.07) is 2.99. The van der Waals surface area contributed by atoms with E-state index in [-0.39, 0.29) is 27.9 Å². The van der Waals surface area contributed by atoms with Gasteiger partial charge in [0.15, 0.2) is 16.6 Å². The Balaban J connectivity index is 2.50. The van der Waals surface area contributed by atoms with Crippen LogP contribution in [0.5, 0.6) is 17.2 Å². The van der Waals surface area contributed by atoms with Crippen molar-refractivity contribution < 1.29 is 24.2 Å². The number of methoxy groups -OCH3 is 2. The maximum Gasteiger partial charge on any atom is 0.265 e. The first-order valence-corrected chi connectivity index (χ1v) is 7.17. The first-order chi connectivity index (χ1) is 10.9. The number of aromatic hydroxyl groups is 1. The third-order valence-electron chi connectivity index (χ3n) is 3.32. The molecule has 0 spiro atoms. The molecule has 1 saturated heterocycles. The monoisotopic (exact) mass is 336 g/mol. The Bertz CT molecular complexity index is 689.